The van der Waals surface area contributed by atoms with Gasteiger partial charge in [0.05, 0.1) is 11.3 Å². The fourth-order valence-electron chi connectivity index (χ4n) is 3.39. The first kappa shape index (κ1) is 18.6. The highest BCUT2D eigenvalue weighted by Gasteiger charge is 2.40. The molecule has 4 nitrogen and oxygen atoms in total. The number of halogens is 1. The second kappa shape index (κ2) is 7.36. The van der Waals surface area contributed by atoms with Gasteiger partial charge in [0.25, 0.3) is 11.8 Å². The van der Waals surface area contributed by atoms with E-state index in [1.807, 2.05) is 38.1 Å². The third-order valence-electron chi connectivity index (χ3n) is 5.08. The summed E-state index contributed by atoms with van der Waals surface area (Å²) in [6.45, 7) is 3.93. The maximum atomic E-state index is 13.8. The largest absolute Gasteiger partial charge is 0.350 e. The van der Waals surface area contributed by atoms with Gasteiger partial charge >= 0.3 is 0 Å². The van der Waals surface area contributed by atoms with E-state index in [9.17, 15) is 14.0 Å². The summed E-state index contributed by atoms with van der Waals surface area (Å²) in [4.78, 5) is 27.6. The number of hydrogen-bond acceptors (Lipinski definition) is 3. The highest BCUT2D eigenvalue weighted by atomic mass is 19.1. The Morgan fingerprint density at radius 2 is 1.55 bits per heavy atom. The van der Waals surface area contributed by atoms with Crippen LogP contribution in [-0.4, -0.2) is 11.8 Å². The van der Waals surface area contributed by atoms with Crippen LogP contribution in [0.25, 0.3) is 5.57 Å². The van der Waals surface area contributed by atoms with Crippen molar-refractivity contribution in [1.29, 1.82) is 0 Å². The van der Waals surface area contributed by atoms with Gasteiger partial charge in [-0.25, -0.2) is 9.29 Å². The number of carbonyl (C=O) groups is 2. The molecule has 0 radical (unpaired) electrons. The van der Waals surface area contributed by atoms with Crippen molar-refractivity contribution in [1.82, 2.24) is 0 Å². The smallest absolute Gasteiger partial charge is 0.282 e. The molecular weight excluding hydrogens is 367 g/mol. The topological polar surface area (TPSA) is 49.4 Å². The van der Waals surface area contributed by atoms with Crippen LogP contribution in [0.1, 0.15) is 16.7 Å². The van der Waals surface area contributed by atoms with Gasteiger partial charge in [0.1, 0.15) is 11.5 Å². The number of imide groups is 1. The van der Waals surface area contributed by atoms with Crippen LogP contribution in [0.5, 0.6) is 0 Å². The highest BCUT2D eigenvalue weighted by Crippen LogP contribution is 2.34. The second-order valence-corrected chi connectivity index (χ2v) is 6.91. The van der Waals surface area contributed by atoms with Gasteiger partial charge in [-0.05, 0) is 54.8 Å². The maximum absolute atomic E-state index is 13.8. The summed E-state index contributed by atoms with van der Waals surface area (Å²) in [7, 11) is 0. The number of carbonyl (C=O) groups excluding carboxylic acids is 2. The lowest BCUT2D eigenvalue weighted by molar-refractivity contribution is -0.120. The standard InChI is InChI=1S/C24H19FN2O2/c1-15-8-6-13-20(16(15)2)26-22-21(17-9-4-3-5-10-17)23(28)27(24(22)29)19-12-7-11-18(25)14-19/h3-14,26H,1-2H3. The molecule has 4 rings (SSSR count). The van der Waals surface area contributed by atoms with Crippen LogP contribution < -0.4 is 10.2 Å². The molecule has 0 atom stereocenters. The van der Waals surface area contributed by atoms with Crippen molar-refractivity contribution in [3.8, 4) is 0 Å². The monoisotopic (exact) mass is 386 g/mol. The molecule has 2 amide bonds. The molecule has 3 aromatic rings. The fourth-order valence-corrected chi connectivity index (χ4v) is 3.39. The number of anilines is 2. The second-order valence-electron chi connectivity index (χ2n) is 6.91. The average molecular weight is 386 g/mol. The molecule has 1 N–H and O–H groups in total. The number of nitrogens with zero attached hydrogens (tertiary/aromatic N) is 1. The lowest BCUT2D eigenvalue weighted by Crippen LogP contribution is -2.32. The third-order valence-corrected chi connectivity index (χ3v) is 5.08. The van der Waals surface area contributed by atoms with E-state index in [2.05, 4.69) is 5.32 Å². The molecule has 0 aliphatic carbocycles. The van der Waals surface area contributed by atoms with Crippen molar-refractivity contribution in [2.45, 2.75) is 13.8 Å². The molecule has 144 valence electrons. The van der Waals surface area contributed by atoms with E-state index in [1.165, 1.54) is 18.2 Å². The average Bonchev–Trinajstić information content (AvgIpc) is 2.96. The van der Waals surface area contributed by atoms with Crippen molar-refractivity contribution >= 4 is 28.8 Å². The number of nitrogens with one attached hydrogen (secondary N) is 1. The van der Waals surface area contributed by atoms with Gasteiger partial charge in [-0.15, -0.1) is 0 Å². The van der Waals surface area contributed by atoms with E-state index in [0.29, 0.717) is 5.56 Å². The lowest BCUT2D eigenvalue weighted by Gasteiger charge is -2.16. The van der Waals surface area contributed by atoms with E-state index in [4.69, 9.17) is 0 Å². The van der Waals surface area contributed by atoms with Gasteiger partial charge in [0.2, 0.25) is 0 Å². The predicted octanol–water partition coefficient (Wildman–Crippen LogP) is 4.84. The lowest BCUT2D eigenvalue weighted by atomic mass is 10.0. The fraction of sp³-hybridized carbons (Fsp3) is 0.0833. The summed E-state index contributed by atoms with van der Waals surface area (Å²) in [6, 6.07) is 20.2. The zero-order valence-corrected chi connectivity index (χ0v) is 16.1. The van der Waals surface area contributed by atoms with Gasteiger partial charge in [-0.1, -0.05) is 48.5 Å². The molecule has 0 spiro atoms. The first-order valence-corrected chi connectivity index (χ1v) is 9.24. The molecule has 0 unspecified atom stereocenters. The number of benzene rings is 3. The molecular formula is C24H19FN2O2. The summed E-state index contributed by atoms with van der Waals surface area (Å²) >= 11 is 0. The van der Waals surface area contributed by atoms with Gasteiger partial charge in [-0.2, -0.15) is 0 Å². The zero-order valence-electron chi connectivity index (χ0n) is 16.1. The third kappa shape index (κ3) is 3.31. The molecule has 0 bridgehead atoms. The Labute approximate surface area is 168 Å². The summed E-state index contributed by atoms with van der Waals surface area (Å²) in [5.41, 5.74) is 4.06. The summed E-state index contributed by atoms with van der Waals surface area (Å²) in [5, 5.41) is 3.17. The molecule has 1 aliphatic rings. The van der Waals surface area contributed by atoms with Crippen LogP contribution >= 0.6 is 0 Å². The Morgan fingerprint density at radius 3 is 2.28 bits per heavy atom. The van der Waals surface area contributed by atoms with E-state index in [-0.39, 0.29) is 17.0 Å². The Bertz CT molecular complexity index is 1150. The normalized spacial score (nSPS) is 14.0. The molecule has 29 heavy (non-hydrogen) atoms. The van der Waals surface area contributed by atoms with Crippen LogP contribution in [0.3, 0.4) is 0 Å². The summed E-state index contributed by atoms with van der Waals surface area (Å²) in [5.74, 6) is -1.51. The minimum absolute atomic E-state index is 0.180. The Kier molecular flexibility index (Phi) is 4.72. The van der Waals surface area contributed by atoms with Gasteiger partial charge in [0, 0.05) is 5.69 Å². The quantitative estimate of drug-likeness (QED) is 0.653. The van der Waals surface area contributed by atoms with Crippen LogP contribution in [0.4, 0.5) is 15.8 Å². The molecule has 3 aromatic carbocycles. The van der Waals surface area contributed by atoms with Crippen molar-refractivity contribution in [3.05, 3.63) is 101 Å². The number of rotatable bonds is 4. The molecule has 1 aliphatic heterocycles. The van der Waals surface area contributed by atoms with E-state index >= 15 is 0 Å². The first-order chi connectivity index (χ1) is 14.0. The molecule has 5 heteroatoms. The number of aryl methyl sites for hydroxylation is 1. The highest BCUT2D eigenvalue weighted by molar-refractivity contribution is 6.46. The summed E-state index contributed by atoms with van der Waals surface area (Å²) < 4.78 is 13.8. The minimum Gasteiger partial charge on any atom is -0.350 e. The molecule has 0 fully saturated rings. The van der Waals surface area contributed by atoms with Gasteiger partial charge in [0.15, 0.2) is 0 Å². The van der Waals surface area contributed by atoms with E-state index in [0.717, 1.165) is 21.7 Å². The van der Waals surface area contributed by atoms with Crippen LogP contribution in [-0.2, 0) is 9.59 Å². The van der Waals surface area contributed by atoms with Gasteiger partial charge in [-0.3, -0.25) is 9.59 Å². The Morgan fingerprint density at radius 1 is 0.828 bits per heavy atom. The SMILES string of the molecule is Cc1cccc(NC2=C(c3ccccc3)C(=O)N(c3cccc(F)c3)C2=O)c1C. The van der Waals surface area contributed by atoms with Crippen LogP contribution in [0.15, 0.2) is 78.5 Å². The summed E-state index contributed by atoms with van der Waals surface area (Å²) in [6.07, 6.45) is 0. The zero-order chi connectivity index (χ0) is 20.5. The van der Waals surface area contributed by atoms with Crippen molar-refractivity contribution in [2.24, 2.45) is 0 Å². The minimum atomic E-state index is -0.514. The van der Waals surface area contributed by atoms with Crippen molar-refractivity contribution in [3.63, 3.8) is 0 Å². The molecule has 1 heterocycles. The number of hydrogen-bond donors (Lipinski definition) is 1. The van der Waals surface area contributed by atoms with Crippen molar-refractivity contribution < 1.29 is 14.0 Å². The van der Waals surface area contributed by atoms with Crippen LogP contribution in [0.2, 0.25) is 0 Å². The van der Waals surface area contributed by atoms with Crippen molar-refractivity contribution in [2.75, 3.05) is 10.2 Å². The van der Waals surface area contributed by atoms with Gasteiger partial charge < -0.3 is 5.32 Å². The van der Waals surface area contributed by atoms with E-state index in [1.54, 1.807) is 30.3 Å². The Balaban J connectivity index is 1.85. The predicted molar refractivity (Wildman–Crippen MR) is 112 cm³/mol. The first-order valence-electron chi connectivity index (χ1n) is 9.24. The van der Waals surface area contributed by atoms with Crippen LogP contribution in [0, 0.1) is 19.7 Å². The molecule has 0 saturated heterocycles. The molecule has 0 saturated carbocycles. The van der Waals surface area contributed by atoms with E-state index < -0.39 is 17.6 Å². The maximum Gasteiger partial charge on any atom is 0.282 e. The molecule has 0 aromatic heterocycles. The number of amides is 2. The Hall–Kier alpha value is -3.73.